The Morgan fingerprint density at radius 1 is 0.964 bits per heavy atom. The number of nitrogens with zero attached hydrogens (tertiary/aromatic N) is 1. The predicted octanol–water partition coefficient (Wildman–Crippen LogP) is 3.66. The van der Waals surface area contributed by atoms with Crippen LogP contribution in [0.5, 0.6) is 5.75 Å². The summed E-state index contributed by atoms with van der Waals surface area (Å²) in [6.45, 7) is 2.76. The van der Waals surface area contributed by atoms with Crippen molar-refractivity contribution >= 4 is 17.5 Å². The third-order valence-corrected chi connectivity index (χ3v) is 3.99. The average molecular weight is 375 g/mol. The molecule has 6 heteroatoms. The Labute approximate surface area is 163 Å². The summed E-state index contributed by atoms with van der Waals surface area (Å²) < 4.78 is 5.52. The second-order valence-corrected chi connectivity index (χ2v) is 5.98. The van der Waals surface area contributed by atoms with E-state index in [9.17, 15) is 9.59 Å². The van der Waals surface area contributed by atoms with Crippen LogP contribution in [-0.4, -0.2) is 23.4 Å². The van der Waals surface area contributed by atoms with Crippen molar-refractivity contribution in [2.24, 2.45) is 0 Å². The molecule has 0 aliphatic heterocycles. The van der Waals surface area contributed by atoms with Crippen molar-refractivity contribution in [2.45, 2.75) is 13.5 Å². The van der Waals surface area contributed by atoms with Gasteiger partial charge >= 0.3 is 0 Å². The largest absolute Gasteiger partial charge is 0.492 e. The van der Waals surface area contributed by atoms with Crippen LogP contribution in [0.15, 0.2) is 72.9 Å². The van der Waals surface area contributed by atoms with Gasteiger partial charge in [0.1, 0.15) is 11.4 Å². The summed E-state index contributed by atoms with van der Waals surface area (Å²) in [5.41, 5.74) is 2.08. The number of benzene rings is 2. The summed E-state index contributed by atoms with van der Waals surface area (Å²) in [5.74, 6) is -0.0897. The van der Waals surface area contributed by atoms with Gasteiger partial charge in [-0.15, -0.1) is 0 Å². The van der Waals surface area contributed by atoms with E-state index in [0.717, 1.165) is 5.56 Å². The second kappa shape index (κ2) is 9.32. The molecule has 2 aromatic carbocycles. The van der Waals surface area contributed by atoms with Gasteiger partial charge in [-0.1, -0.05) is 42.5 Å². The summed E-state index contributed by atoms with van der Waals surface area (Å²) in [6, 6.07) is 19.8. The van der Waals surface area contributed by atoms with E-state index >= 15 is 0 Å². The number of ether oxygens (including phenoxy) is 1. The van der Waals surface area contributed by atoms with Crippen LogP contribution in [0, 0.1) is 0 Å². The molecule has 0 aliphatic carbocycles. The Bertz CT molecular complexity index is 958. The van der Waals surface area contributed by atoms with Crippen molar-refractivity contribution in [3.63, 3.8) is 0 Å². The van der Waals surface area contributed by atoms with Gasteiger partial charge in [0.2, 0.25) is 0 Å². The Kier molecular flexibility index (Phi) is 6.36. The van der Waals surface area contributed by atoms with Crippen molar-refractivity contribution in [2.75, 3.05) is 11.9 Å². The molecule has 2 amide bonds. The minimum absolute atomic E-state index is 0.182. The minimum atomic E-state index is -0.341. The highest BCUT2D eigenvalue weighted by Crippen LogP contribution is 2.24. The molecule has 3 aromatic rings. The van der Waals surface area contributed by atoms with Gasteiger partial charge in [0.05, 0.1) is 12.3 Å². The van der Waals surface area contributed by atoms with E-state index < -0.39 is 0 Å². The number of carbonyl (C=O) groups is 2. The summed E-state index contributed by atoms with van der Waals surface area (Å²) in [5, 5.41) is 5.62. The van der Waals surface area contributed by atoms with Crippen molar-refractivity contribution in [1.82, 2.24) is 10.3 Å². The summed E-state index contributed by atoms with van der Waals surface area (Å²) in [7, 11) is 0. The van der Waals surface area contributed by atoms with Gasteiger partial charge in [-0.2, -0.15) is 0 Å². The maximum Gasteiger partial charge on any atom is 0.270 e. The standard InChI is InChI=1S/C22H21N3O3/c1-2-28-20-11-7-6-10-18(20)25-21(26)17-12-13-23-19(14-17)22(27)24-15-16-8-4-3-5-9-16/h3-14H,2,15H2,1H3,(H,24,27)(H,25,26). The highest BCUT2D eigenvalue weighted by Gasteiger charge is 2.13. The normalized spacial score (nSPS) is 10.2. The molecule has 0 atom stereocenters. The fraction of sp³-hybridized carbons (Fsp3) is 0.136. The zero-order valence-corrected chi connectivity index (χ0v) is 15.5. The molecule has 0 unspecified atom stereocenters. The SMILES string of the molecule is CCOc1ccccc1NC(=O)c1ccnc(C(=O)NCc2ccccc2)c1. The fourth-order valence-corrected chi connectivity index (χ4v) is 2.61. The molecular formula is C22H21N3O3. The third-order valence-electron chi connectivity index (χ3n) is 3.99. The summed E-state index contributed by atoms with van der Waals surface area (Å²) in [4.78, 5) is 29.0. The van der Waals surface area contributed by atoms with Crippen molar-refractivity contribution in [3.05, 3.63) is 89.7 Å². The Morgan fingerprint density at radius 3 is 2.50 bits per heavy atom. The molecular weight excluding hydrogens is 354 g/mol. The number of carbonyl (C=O) groups excluding carboxylic acids is 2. The molecule has 6 nitrogen and oxygen atoms in total. The fourth-order valence-electron chi connectivity index (χ4n) is 2.61. The molecule has 1 heterocycles. The molecule has 0 aliphatic rings. The van der Waals surface area contributed by atoms with Gasteiger partial charge in [0.25, 0.3) is 11.8 Å². The van der Waals surface area contributed by atoms with Gasteiger partial charge in [0, 0.05) is 18.3 Å². The van der Waals surface area contributed by atoms with Crippen LogP contribution < -0.4 is 15.4 Å². The quantitative estimate of drug-likeness (QED) is 0.660. The first-order valence-corrected chi connectivity index (χ1v) is 8.98. The highest BCUT2D eigenvalue weighted by atomic mass is 16.5. The zero-order chi connectivity index (χ0) is 19.8. The summed E-state index contributed by atoms with van der Waals surface area (Å²) >= 11 is 0. The van der Waals surface area contributed by atoms with Crippen LogP contribution >= 0.6 is 0 Å². The number of pyridine rings is 1. The highest BCUT2D eigenvalue weighted by molar-refractivity contribution is 6.06. The summed E-state index contributed by atoms with van der Waals surface area (Å²) in [6.07, 6.45) is 1.45. The van der Waals surface area contributed by atoms with E-state index in [1.54, 1.807) is 18.2 Å². The third kappa shape index (κ3) is 4.94. The first kappa shape index (κ1) is 19.1. The van der Waals surface area contributed by atoms with Crippen LogP contribution in [-0.2, 0) is 6.54 Å². The lowest BCUT2D eigenvalue weighted by molar-refractivity contribution is 0.0946. The van der Waals surface area contributed by atoms with Crippen molar-refractivity contribution in [1.29, 1.82) is 0 Å². The molecule has 2 N–H and O–H groups in total. The van der Waals surface area contributed by atoms with E-state index in [-0.39, 0.29) is 17.5 Å². The lowest BCUT2D eigenvalue weighted by Crippen LogP contribution is -2.24. The molecule has 1 aromatic heterocycles. The number of amides is 2. The number of hydrogen-bond acceptors (Lipinski definition) is 4. The predicted molar refractivity (Wildman–Crippen MR) is 107 cm³/mol. The Hall–Kier alpha value is -3.67. The molecule has 28 heavy (non-hydrogen) atoms. The lowest BCUT2D eigenvalue weighted by atomic mass is 10.2. The smallest absolute Gasteiger partial charge is 0.270 e. The van der Waals surface area contributed by atoms with Crippen molar-refractivity contribution < 1.29 is 14.3 Å². The number of hydrogen-bond donors (Lipinski definition) is 2. The zero-order valence-electron chi connectivity index (χ0n) is 15.5. The van der Waals surface area contributed by atoms with Gasteiger partial charge < -0.3 is 15.4 Å². The van der Waals surface area contributed by atoms with Gasteiger partial charge in [-0.05, 0) is 36.8 Å². The van der Waals surface area contributed by atoms with Crippen LogP contribution in [0.4, 0.5) is 5.69 Å². The molecule has 3 rings (SSSR count). The first-order valence-electron chi connectivity index (χ1n) is 8.98. The molecule has 0 spiro atoms. The maximum absolute atomic E-state index is 12.6. The molecule has 0 saturated heterocycles. The number of para-hydroxylation sites is 2. The van der Waals surface area contributed by atoms with E-state index in [1.807, 2.05) is 49.4 Å². The molecule has 0 saturated carbocycles. The lowest BCUT2D eigenvalue weighted by Gasteiger charge is -2.11. The second-order valence-electron chi connectivity index (χ2n) is 5.98. The van der Waals surface area contributed by atoms with Crippen LogP contribution in [0.2, 0.25) is 0 Å². The molecule has 0 radical (unpaired) electrons. The Morgan fingerprint density at radius 2 is 1.71 bits per heavy atom. The van der Waals surface area contributed by atoms with E-state index in [1.165, 1.54) is 12.3 Å². The molecule has 0 fully saturated rings. The minimum Gasteiger partial charge on any atom is -0.492 e. The molecule has 142 valence electrons. The number of aromatic nitrogens is 1. The number of rotatable bonds is 7. The van der Waals surface area contributed by atoms with Crippen LogP contribution in [0.1, 0.15) is 33.3 Å². The van der Waals surface area contributed by atoms with Crippen LogP contribution in [0.3, 0.4) is 0 Å². The van der Waals surface area contributed by atoms with E-state index in [2.05, 4.69) is 15.6 Å². The van der Waals surface area contributed by atoms with E-state index in [4.69, 9.17) is 4.74 Å². The van der Waals surface area contributed by atoms with Gasteiger partial charge in [-0.25, -0.2) is 0 Å². The van der Waals surface area contributed by atoms with Gasteiger partial charge in [-0.3, -0.25) is 14.6 Å². The first-order chi connectivity index (χ1) is 13.7. The maximum atomic E-state index is 12.6. The monoisotopic (exact) mass is 375 g/mol. The number of nitrogens with one attached hydrogen (secondary N) is 2. The Balaban J connectivity index is 1.68. The number of anilines is 1. The van der Waals surface area contributed by atoms with Crippen molar-refractivity contribution in [3.8, 4) is 5.75 Å². The van der Waals surface area contributed by atoms with Crippen LogP contribution in [0.25, 0.3) is 0 Å². The topological polar surface area (TPSA) is 80.3 Å². The van der Waals surface area contributed by atoms with Gasteiger partial charge in [0.15, 0.2) is 0 Å². The average Bonchev–Trinajstić information content (AvgIpc) is 2.74. The molecule has 0 bridgehead atoms. The van der Waals surface area contributed by atoms with E-state index in [0.29, 0.717) is 30.2 Å².